The topological polar surface area (TPSA) is 9.23 Å². The minimum atomic E-state index is 0. The van der Waals surface area contributed by atoms with Gasteiger partial charge in [-0.05, 0) is 34.9 Å². The summed E-state index contributed by atoms with van der Waals surface area (Å²) < 4.78 is 6.03. The molecule has 0 unspecified atom stereocenters. The molecule has 0 fully saturated rings. The Morgan fingerprint density at radius 3 is 2.43 bits per heavy atom. The molecule has 0 atom stereocenters. The first kappa shape index (κ1) is 14.1. The second kappa shape index (κ2) is 5.87. The van der Waals surface area contributed by atoms with Gasteiger partial charge in [-0.1, -0.05) is 54.6 Å². The maximum Gasteiger partial charge on any atom is 0.131 e. The summed E-state index contributed by atoms with van der Waals surface area (Å²) in [4.78, 5) is 0. The van der Waals surface area contributed by atoms with Crippen LogP contribution in [0.5, 0.6) is 11.5 Å². The molecule has 1 aliphatic rings. The van der Waals surface area contributed by atoms with Crippen LogP contribution in [0, 0.1) is 6.07 Å². The third kappa shape index (κ3) is 2.54. The summed E-state index contributed by atoms with van der Waals surface area (Å²) in [6, 6.07) is 25.7. The molecule has 3 aromatic carbocycles. The third-order valence-corrected chi connectivity index (χ3v) is 3.72. The molecule has 1 aliphatic heterocycles. The minimum Gasteiger partial charge on any atom is -0.457 e. The van der Waals surface area contributed by atoms with Crippen LogP contribution in [-0.2, 0) is 27.5 Å². The van der Waals surface area contributed by atoms with Crippen molar-refractivity contribution in [3.8, 4) is 22.6 Å². The van der Waals surface area contributed by atoms with E-state index in [-0.39, 0.29) is 21.1 Å². The molecule has 0 spiro atoms. The molecule has 105 valence electrons. The van der Waals surface area contributed by atoms with Gasteiger partial charge in [-0.25, -0.2) is 0 Å². The summed E-state index contributed by atoms with van der Waals surface area (Å²) in [5.74, 6) is 1.94. The molecule has 1 nitrogen and oxygen atoms in total. The summed E-state index contributed by atoms with van der Waals surface area (Å²) in [5.41, 5.74) is 4.96. The number of fused-ring (bicyclic) bond motifs is 2. The van der Waals surface area contributed by atoms with Crippen LogP contribution in [0.15, 0.2) is 66.7 Å². The van der Waals surface area contributed by atoms with Gasteiger partial charge in [0, 0.05) is 33.0 Å². The van der Waals surface area contributed by atoms with E-state index < -0.39 is 0 Å². The van der Waals surface area contributed by atoms with Crippen molar-refractivity contribution in [3.05, 3.63) is 83.9 Å². The molecule has 0 saturated heterocycles. The van der Waals surface area contributed by atoms with Crippen LogP contribution in [0.3, 0.4) is 0 Å². The predicted molar refractivity (Wildman–Crippen MR) is 80.0 cm³/mol. The van der Waals surface area contributed by atoms with E-state index in [0.29, 0.717) is 0 Å². The smallest absolute Gasteiger partial charge is 0.131 e. The summed E-state index contributed by atoms with van der Waals surface area (Å²) in [6.45, 7) is 0. The third-order valence-electron chi connectivity index (χ3n) is 3.72. The number of hydrogen-bond acceptors (Lipinski definition) is 1. The van der Waals surface area contributed by atoms with Gasteiger partial charge in [-0.3, -0.25) is 0 Å². The van der Waals surface area contributed by atoms with Gasteiger partial charge < -0.3 is 4.74 Å². The van der Waals surface area contributed by atoms with Gasteiger partial charge >= 0.3 is 0 Å². The molecule has 1 heterocycles. The molecular weight excluding hydrogens is 439 g/mol. The number of ether oxygens (including phenoxy) is 1. The normalized spacial score (nSPS) is 11.6. The Kier molecular flexibility index (Phi) is 3.94. The van der Waals surface area contributed by atoms with Crippen molar-refractivity contribution in [2.45, 2.75) is 6.42 Å². The van der Waals surface area contributed by atoms with Crippen LogP contribution in [0.2, 0.25) is 0 Å². The summed E-state index contributed by atoms with van der Waals surface area (Å²) in [7, 11) is 0. The van der Waals surface area contributed by atoms with Crippen molar-refractivity contribution in [2.24, 2.45) is 0 Å². The summed E-state index contributed by atoms with van der Waals surface area (Å²) in [6.07, 6.45) is 0.917. The van der Waals surface area contributed by atoms with Crippen molar-refractivity contribution >= 4 is 0 Å². The zero-order valence-corrected chi connectivity index (χ0v) is 13.6. The van der Waals surface area contributed by atoms with E-state index in [0.717, 1.165) is 17.9 Å². The molecule has 2 heteroatoms. The van der Waals surface area contributed by atoms with Crippen LogP contribution in [0.25, 0.3) is 11.1 Å². The standard InChI is InChI=1S/C19H13O.Pt/c1-2-7-14(8-3-1)16-10-6-12-19-17(16)13-15-9-4-5-11-18(15)20-19;/h2-12H,13H2;. The molecular formula is C19H13OPt. The van der Waals surface area contributed by atoms with Gasteiger partial charge in [0.25, 0.3) is 0 Å². The molecule has 0 saturated carbocycles. The predicted octanol–water partition coefficient (Wildman–Crippen LogP) is 4.85. The van der Waals surface area contributed by atoms with E-state index >= 15 is 0 Å². The fraction of sp³-hybridized carbons (Fsp3) is 0.0526. The molecule has 0 aromatic heterocycles. The van der Waals surface area contributed by atoms with E-state index in [1.54, 1.807) is 0 Å². The molecule has 0 bridgehead atoms. The van der Waals surface area contributed by atoms with Crippen molar-refractivity contribution in [3.63, 3.8) is 0 Å². The average molecular weight is 452 g/mol. The first-order valence-electron chi connectivity index (χ1n) is 6.76. The molecule has 1 radical (unpaired) electrons. The zero-order valence-electron chi connectivity index (χ0n) is 11.3. The Hall–Kier alpha value is -1.85. The van der Waals surface area contributed by atoms with Crippen LogP contribution in [0.1, 0.15) is 11.1 Å². The van der Waals surface area contributed by atoms with Gasteiger partial charge in [-0.2, -0.15) is 0 Å². The molecule has 3 aromatic rings. The SMILES string of the molecule is [Pt].[c]1ccc(-c2cccc3c2Cc2ccccc2O3)cc1. The molecule has 0 aliphatic carbocycles. The van der Waals surface area contributed by atoms with Crippen LogP contribution in [-0.4, -0.2) is 0 Å². The Morgan fingerprint density at radius 2 is 1.57 bits per heavy atom. The van der Waals surface area contributed by atoms with Gasteiger partial charge in [0.2, 0.25) is 0 Å². The van der Waals surface area contributed by atoms with Crippen LogP contribution < -0.4 is 4.74 Å². The monoisotopic (exact) mass is 452 g/mol. The summed E-state index contributed by atoms with van der Waals surface area (Å²) in [5, 5.41) is 0. The summed E-state index contributed by atoms with van der Waals surface area (Å²) >= 11 is 0. The first-order valence-corrected chi connectivity index (χ1v) is 6.76. The fourth-order valence-corrected chi connectivity index (χ4v) is 2.74. The molecule has 0 amide bonds. The van der Waals surface area contributed by atoms with Crippen molar-refractivity contribution < 1.29 is 25.8 Å². The van der Waals surface area contributed by atoms with E-state index in [4.69, 9.17) is 4.74 Å². The second-order valence-corrected chi connectivity index (χ2v) is 4.96. The van der Waals surface area contributed by atoms with E-state index in [2.05, 4.69) is 42.5 Å². The average Bonchev–Trinajstić information content (AvgIpc) is 2.53. The first-order chi connectivity index (χ1) is 9.92. The van der Waals surface area contributed by atoms with Gasteiger partial charge in [-0.15, -0.1) is 0 Å². The maximum atomic E-state index is 6.03. The van der Waals surface area contributed by atoms with Crippen molar-refractivity contribution in [1.29, 1.82) is 0 Å². The fourth-order valence-electron chi connectivity index (χ4n) is 2.74. The quantitative estimate of drug-likeness (QED) is 0.401. The van der Waals surface area contributed by atoms with Crippen LogP contribution in [0.4, 0.5) is 0 Å². The molecule has 21 heavy (non-hydrogen) atoms. The Morgan fingerprint density at radius 1 is 0.810 bits per heavy atom. The Labute approximate surface area is 138 Å². The zero-order chi connectivity index (χ0) is 13.4. The number of rotatable bonds is 1. The number of benzene rings is 3. The van der Waals surface area contributed by atoms with E-state index in [1.807, 2.05) is 30.3 Å². The van der Waals surface area contributed by atoms with Crippen LogP contribution >= 0.6 is 0 Å². The van der Waals surface area contributed by atoms with Crippen molar-refractivity contribution in [2.75, 3.05) is 0 Å². The van der Waals surface area contributed by atoms with Gasteiger partial charge in [0.15, 0.2) is 0 Å². The maximum absolute atomic E-state index is 6.03. The second-order valence-electron chi connectivity index (χ2n) is 4.96. The number of hydrogen-bond donors (Lipinski definition) is 0. The largest absolute Gasteiger partial charge is 0.457 e. The molecule has 0 N–H and O–H groups in total. The minimum absolute atomic E-state index is 0. The van der Waals surface area contributed by atoms with Gasteiger partial charge in [0.1, 0.15) is 11.5 Å². The van der Waals surface area contributed by atoms with E-state index in [1.165, 1.54) is 22.3 Å². The number of para-hydroxylation sites is 1. The van der Waals surface area contributed by atoms with E-state index in [9.17, 15) is 0 Å². The molecule has 4 rings (SSSR count). The Bertz CT molecular complexity index is 766. The van der Waals surface area contributed by atoms with Crippen molar-refractivity contribution in [1.82, 2.24) is 0 Å². The Balaban J connectivity index is 0.00000132. The van der Waals surface area contributed by atoms with Gasteiger partial charge in [0.05, 0.1) is 0 Å².